The standard InChI is InChI=1S/C19H24F3NO5/c1-18(2,3)28-16(25)9-8-14(17(26)27-4)23-15(24)11-12-6-5-7-13(10-12)19(20,21)22/h5-7,10,14H,8-9,11H2,1-4H3,(H,23,24)/t14-/m1/s1. The van der Waals surface area contributed by atoms with Crippen LogP contribution in [-0.2, 0) is 36.5 Å². The molecular formula is C19H24F3NO5. The number of hydrogen-bond acceptors (Lipinski definition) is 5. The van der Waals surface area contributed by atoms with Crippen molar-refractivity contribution in [3.63, 3.8) is 0 Å². The van der Waals surface area contributed by atoms with Gasteiger partial charge in [0, 0.05) is 6.42 Å². The molecule has 0 spiro atoms. The number of ether oxygens (including phenoxy) is 2. The molecule has 1 aromatic carbocycles. The average Bonchev–Trinajstić information content (AvgIpc) is 2.55. The SMILES string of the molecule is COC(=O)[C@@H](CCC(=O)OC(C)(C)C)NC(=O)Cc1cccc(C(F)(F)F)c1. The number of hydrogen-bond donors (Lipinski definition) is 1. The summed E-state index contributed by atoms with van der Waals surface area (Å²) in [7, 11) is 1.13. The van der Waals surface area contributed by atoms with Crippen LogP contribution in [0.2, 0.25) is 0 Å². The van der Waals surface area contributed by atoms with Gasteiger partial charge in [-0.1, -0.05) is 18.2 Å². The molecule has 1 atom stereocenters. The molecule has 0 fully saturated rings. The van der Waals surface area contributed by atoms with Gasteiger partial charge in [0.2, 0.25) is 5.91 Å². The molecule has 0 bridgehead atoms. The van der Waals surface area contributed by atoms with Crippen molar-refractivity contribution < 1.29 is 37.0 Å². The van der Waals surface area contributed by atoms with E-state index in [1.807, 2.05) is 0 Å². The van der Waals surface area contributed by atoms with Crippen molar-refractivity contribution in [2.45, 2.75) is 57.9 Å². The predicted octanol–water partition coefficient (Wildman–Crippen LogP) is 3.03. The lowest BCUT2D eigenvalue weighted by Crippen LogP contribution is -2.42. The van der Waals surface area contributed by atoms with Crippen LogP contribution in [0.3, 0.4) is 0 Å². The summed E-state index contributed by atoms with van der Waals surface area (Å²) < 4.78 is 48.0. The third kappa shape index (κ3) is 8.41. The molecule has 0 unspecified atom stereocenters. The molecule has 0 aromatic heterocycles. The second-order valence-electron chi connectivity index (χ2n) is 7.14. The number of alkyl halides is 3. The largest absolute Gasteiger partial charge is 0.467 e. The Bertz CT molecular complexity index is 710. The summed E-state index contributed by atoms with van der Waals surface area (Å²) in [5.74, 6) is -1.98. The van der Waals surface area contributed by atoms with Crippen LogP contribution in [0.4, 0.5) is 13.2 Å². The van der Waals surface area contributed by atoms with E-state index in [-0.39, 0.29) is 24.8 Å². The normalized spacial score (nSPS) is 12.8. The Morgan fingerprint density at radius 2 is 1.79 bits per heavy atom. The van der Waals surface area contributed by atoms with Crippen molar-refractivity contribution in [1.29, 1.82) is 0 Å². The smallest absolute Gasteiger partial charge is 0.416 e. The van der Waals surface area contributed by atoms with Crippen molar-refractivity contribution in [3.8, 4) is 0 Å². The Labute approximate surface area is 161 Å². The quantitative estimate of drug-likeness (QED) is 0.708. The maximum atomic E-state index is 12.8. The Morgan fingerprint density at radius 3 is 2.32 bits per heavy atom. The number of halogens is 3. The highest BCUT2D eigenvalue weighted by Crippen LogP contribution is 2.29. The minimum atomic E-state index is -4.52. The molecule has 9 heteroatoms. The number of nitrogens with one attached hydrogen (secondary N) is 1. The molecule has 1 rings (SSSR count). The zero-order chi connectivity index (χ0) is 21.5. The van der Waals surface area contributed by atoms with E-state index in [1.165, 1.54) is 12.1 Å². The maximum Gasteiger partial charge on any atom is 0.416 e. The van der Waals surface area contributed by atoms with Gasteiger partial charge in [0.1, 0.15) is 11.6 Å². The minimum absolute atomic E-state index is 0.0596. The van der Waals surface area contributed by atoms with E-state index >= 15 is 0 Å². The molecule has 0 aliphatic rings. The summed E-state index contributed by atoms with van der Waals surface area (Å²) in [5.41, 5.74) is -1.42. The Hall–Kier alpha value is -2.58. The Kier molecular flexibility index (Phi) is 8.01. The van der Waals surface area contributed by atoms with Gasteiger partial charge in [-0.15, -0.1) is 0 Å². The lowest BCUT2D eigenvalue weighted by Gasteiger charge is -2.21. The molecular weight excluding hydrogens is 379 g/mol. The Balaban J connectivity index is 2.72. The van der Waals surface area contributed by atoms with Gasteiger partial charge in [0.25, 0.3) is 0 Å². The molecule has 28 heavy (non-hydrogen) atoms. The molecule has 0 aliphatic carbocycles. The van der Waals surface area contributed by atoms with Crippen LogP contribution in [0.25, 0.3) is 0 Å². The Morgan fingerprint density at radius 1 is 1.14 bits per heavy atom. The molecule has 156 valence electrons. The number of esters is 2. The summed E-state index contributed by atoms with van der Waals surface area (Å²) in [6.45, 7) is 5.08. The molecule has 0 saturated carbocycles. The minimum Gasteiger partial charge on any atom is -0.467 e. The number of carbonyl (C=O) groups excluding carboxylic acids is 3. The van der Waals surface area contributed by atoms with Gasteiger partial charge < -0.3 is 14.8 Å². The van der Waals surface area contributed by atoms with Gasteiger partial charge in [-0.05, 0) is 38.8 Å². The third-order valence-corrected chi connectivity index (χ3v) is 3.50. The molecule has 1 amide bonds. The highest BCUT2D eigenvalue weighted by atomic mass is 19.4. The molecule has 0 radical (unpaired) electrons. The summed E-state index contributed by atoms with van der Waals surface area (Å²) in [6, 6.07) is 3.23. The average molecular weight is 403 g/mol. The molecule has 0 saturated heterocycles. The lowest BCUT2D eigenvalue weighted by atomic mass is 10.1. The second-order valence-corrected chi connectivity index (χ2v) is 7.14. The fourth-order valence-corrected chi connectivity index (χ4v) is 2.33. The fourth-order valence-electron chi connectivity index (χ4n) is 2.33. The van der Waals surface area contributed by atoms with Crippen molar-refractivity contribution in [2.24, 2.45) is 0 Å². The van der Waals surface area contributed by atoms with Crippen LogP contribution in [-0.4, -0.2) is 36.6 Å². The highest BCUT2D eigenvalue weighted by molar-refractivity contribution is 5.86. The van der Waals surface area contributed by atoms with Gasteiger partial charge in [-0.2, -0.15) is 13.2 Å². The van der Waals surface area contributed by atoms with E-state index in [2.05, 4.69) is 10.1 Å². The first-order valence-corrected chi connectivity index (χ1v) is 8.57. The second kappa shape index (κ2) is 9.57. The number of benzene rings is 1. The van der Waals surface area contributed by atoms with E-state index in [1.54, 1.807) is 20.8 Å². The topological polar surface area (TPSA) is 81.7 Å². The van der Waals surface area contributed by atoms with Gasteiger partial charge in [-0.3, -0.25) is 9.59 Å². The summed E-state index contributed by atoms with van der Waals surface area (Å²) in [6.07, 6.45) is -5.07. The molecule has 1 aromatic rings. The number of amides is 1. The van der Waals surface area contributed by atoms with Crippen LogP contribution in [0.1, 0.15) is 44.7 Å². The van der Waals surface area contributed by atoms with Gasteiger partial charge in [0.05, 0.1) is 19.1 Å². The zero-order valence-corrected chi connectivity index (χ0v) is 16.2. The van der Waals surface area contributed by atoms with E-state index in [0.29, 0.717) is 0 Å². The first-order chi connectivity index (χ1) is 12.8. The van der Waals surface area contributed by atoms with E-state index in [9.17, 15) is 27.6 Å². The van der Waals surface area contributed by atoms with E-state index in [4.69, 9.17) is 4.74 Å². The summed E-state index contributed by atoms with van der Waals surface area (Å²) in [4.78, 5) is 35.8. The molecule has 1 N–H and O–H groups in total. The summed E-state index contributed by atoms with van der Waals surface area (Å²) >= 11 is 0. The van der Waals surface area contributed by atoms with Crippen molar-refractivity contribution in [3.05, 3.63) is 35.4 Å². The van der Waals surface area contributed by atoms with Crippen molar-refractivity contribution in [1.82, 2.24) is 5.32 Å². The predicted molar refractivity (Wildman–Crippen MR) is 94.2 cm³/mol. The van der Waals surface area contributed by atoms with Crippen molar-refractivity contribution >= 4 is 17.8 Å². The molecule has 0 heterocycles. The number of rotatable bonds is 7. The van der Waals surface area contributed by atoms with Crippen LogP contribution in [0.5, 0.6) is 0 Å². The van der Waals surface area contributed by atoms with Crippen LogP contribution in [0.15, 0.2) is 24.3 Å². The van der Waals surface area contributed by atoms with Gasteiger partial charge in [-0.25, -0.2) is 4.79 Å². The van der Waals surface area contributed by atoms with Crippen LogP contribution < -0.4 is 5.32 Å². The zero-order valence-electron chi connectivity index (χ0n) is 16.2. The van der Waals surface area contributed by atoms with E-state index < -0.39 is 41.2 Å². The third-order valence-electron chi connectivity index (χ3n) is 3.50. The number of carbonyl (C=O) groups is 3. The van der Waals surface area contributed by atoms with Gasteiger partial charge in [0.15, 0.2) is 0 Å². The highest BCUT2D eigenvalue weighted by Gasteiger charge is 2.30. The maximum absolute atomic E-state index is 12.8. The van der Waals surface area contributed by atoms with Gasteiger partial charge >= 0.3 is 18.1 Å². The van der Waals surface area contributed by atoms with E-state index in [0.717, 1.165) is 19.2 Å². The van der Waals surface area contributed by atoms with Crippen LogP contribution in [0, 0.1) is 0 Å². The summed E-state index contributed by atoms with van der Waals surface area (Å²) in [5, 5.41) is 2.39. The number of methoxy groups -OCH3 is 1. The molecule has 0 aliphatic heterocycles. The fraction of sp³-hybridized carbons (Fsp3) is 0.526. The first kappa shape index (κ1) is 23.5. The van der Waals surface area contributed by atoms with Crippen LogP contribution >= 0.6 is 0 Å². The lowest BCUT2D eigenvalue weighted by molar-refractivity contribution is -0.155. The monoisotopic (exact) mass is 403 g/mol. The van der Waals surface area contributed by atoms with Crippen molar-refractivity contribution in [2.75, 3.05) is 7.11 Å². The molecule has 6 nitrogen and oxygen atoms in total. The first-order valence-electron chi connectivity index (χ1n) is 8.57.